The number of rotatable bonds is 6. The van der Waals surface area contributed by atoms with Crippen LogP contribution in [0.3, 0.4) is 0 Å². The number of esters is 2. The maximum Gasteiger partial charge on any atom is 0.351 e. The van der Waals surface area contributed by atoms with E-state index in [1.807, 2.05) is 25.1 Å². The molecule has 0 fully saturated rings. The smallest absolute Gasteiger partial charge is 0.351 e. The van der Waals surface area contributed by atoms with Gasteiger partial charge in [-0.05, 0) is 55.5 Å². The summed E-state index contributed by atoms with van der Waals surface area (Å²) in [6.45, 7) is 1.95. The molecule has 32 heavy (non-hydrogen) atoms. The number of aromatic nitrogens is 2. The number of carbonyl (C=O) groups is 2. The van der Waals surface area contributed by atoms with Gasteiger partial charge in [-0.15, -0.1) is 0 Å². The van der Waals surface area contributed by atoms with Gasteiger partial charge in [-0.1, -0.05) is 35.9 Å². The van der Waals surface area contributed by atoms with Gasteiger partial charge in [0.1, 0.15) is 22.6 Å². The number of carbonyl (C=O) groups excluding carboxylic acids is 2. The predicted molar refractivity (Wildman–Crippen MR) is 116 cm³/mol. The van der Waals surface area contributed by atoms with E-state index in [1.165, 1.54) is 24.5 Å². The first-order valence-corrected chi connectivity index (χ1v) is 9.74. The maximum absolute atomic E-state index is 12.7. The molecule has 0 bridgehead atoms. The Morgan fingerprint density at radius 3 is 1.66 bits per heavy atom. The van der Waals surface area contributed by atoms with Gasteiger partial charge < -0.3 is 14.2 Å². The van der Waals surface area contributed by atoms with Gasteiger partial charge in [0.15, 0.2) is 0 Å². The van der Waals surface area contributed by atoms with E-state index in [-0.39, 0.29) is 22.9 Å². The highest BCUT2D eigenvalue weighted by atomic mass is 16.6. The standard InChI is InChI=1S/C25H18N2O5/c1-17-11-13-19(14-12-17)31-23-21(10-6-16-27-23)25(29)32-24(28)20-9-5-15-26-22(20)30-18-7-3-2-4-8-18/h2-16H,1H3. The van der Waals surface area contributed by atoms with Crippen molar-refractivity contribution in [2.45, 2.75) is 6.92 Å². The molecule has 7 heteroatoms. The Hall–Kier alpha value is -4.52. The molecule has 2 aromatic heterocycles. The summed E-state index contributed by atoms with van der Waals surface area (Å²) in [4.78, 5) is 33.6. The summed E-state index contributed by atoms with van der Waals surface area (Å²) in [5, 5.41) is 0. The predicted octanol–water partition coefficient (Wildman–Crippen LogP) is 5.37. The van der Waals surface area contributed by atoms with Crippen molar-refractivity contribution in [2.24, 2.45) is 0 Å². The molecule has 0 aliphatic rings. The van der Waals surface area contributed by atoms with Gasteiger partial charge in [-0.3, -0.25) is 0 Å². The van der Waals surface area contributed by atoms with Crippen LogP contribution in [0.4, 0.5) is 0 Å². The van der Waals surface area contributed by atoms with Crippen LogP contribution in [0, 0.1) is 6.92 Å². The van der Waals surface area contributed by atoms with Crippen LogP contribution >= 0.6 is 0 Å². The molecule has 0 saturated heterocycles. The largest absolute Gasteiger partial charge is 0.438 e. The summed E-state index contributed by atoms with van der Waals surface area (Å²) in [5.74, 6) is -0.757. The number of aryl methyl sites for hydroxylation is 1. The molecular weight excluding hydrogens is 408 g/mol. The molecule has 0 radical (unpaired) electrons. The third kappa shape index (κ3) is 4.96. The Kier molecular flexibility index (Phi) is 6.17. The zero-order chi connectivity index (χ0) is 22.3. The molecule has 0 unspecified atom stereocenters. The fourth-order valence-corrected chi connectivity index (χ4v) is 2.77. The number of para-hydroxylation sites is 1. The van der Waals surface area contributed by atoms with Gasteiger partial charge in [-0.25, -0.2) is 19.6 Å². The fraction of sp³-hybridized carbons (Fsp3) is 0.0400. The molecule has 7 nitrogen and oxygen atoms in total. The van der Waals surface area contributed by atoms with Crippen molar-refractivity contribution < 1.29 is 23.8 Å². The molecule has 4 rings (SSSR count). The van der Waals surface area contributed by atoms with Crippen molar-refractivity contribution in [3.63, 3.8) is 0 Å². The van der Waals surface area contributed by atoms with Crippen molar-refractivity contribution in [2.75, 3.05) is 0 Å². The van der Waals surface area contributed by atoms with Crippen molar-refractivity contribution in [1.29, 1.82) is 0 Å². The topological polar surface area (TPSA) is 87.6 Å². The Balaban J connectivity index is 1.53. The molecular formula is C25H18N2O5. The van der Waals surface area contributed by atoms with E-state index in [0.29, 0.717) is 11.5 Å². The number of benzene rings is 2. The average molecular weight is 426 g/mol. The molecule has 2 aromatic carbocycles. The molecule has 0 aliphatic heterocycles. The minimum atomic E-state index is -0.904. The monoisotopic (exact) mass is 426 g/mol. The van der Waals surface area contributed by atoms with Crippen LogP contribution in [-0.4, -0.2) is 21.9 Å². The Bertz CT molecular complexity index is 1240. The van der Waals surface area contributed by atoms with E-state index in [9.17, 15) is 9.59 Å². The molecule has 158 valence electrons. The van der Waals surface area contributed by atoms with Crippen LogP contribution in [0.5, 0.6) is 23.3 Å². The molecule has 0 spiro atoms. The van der Waals surface area contributed by atoms with Gasteiger partial charge in [0.25, 0.3) is 0 Å². The van der Waals surface area contributed by atoms with Crippen LogP contribution in [0.15, 0.2) is 91.3 Å². The van der Waals surface area contributed by atoms with Crippen molar-refractivity contribution in [3.05, 3.63) is 108 Å². The van der Waals surface area contributed by atoms with Gasteiger partial charge in [-0.2, -0.15) is 0 Å². The minimum absolute atomic E-state index is 0.00889. The summed E-state index contributed by atoms with van der Waals surface area (Å²) >= 11 is 0. The third-order valence-corrected chi connectivity index (χ3v) is 4.36. The summed E-state index contributed by atoms with van der Waals surface area (Å²) in [5.41, 5.74) is 1.08. The zero-order valence-corrected chi connectivity index (χ0v) is 17.1. The number of pyridine rings is 2. The van der Waals surface area contributed by atoms with Crippen LogP contribution < -0.4 is 9.47 Å². The van der Waals surface area contributed by atoms with Crippen LogP contribution in [0.2, 0.25) is 0 Å². The number of nitrogens with zero attached hydrogens (tertiary/aromatic N) is 2. The van der Waals surface area contributed by atoms with Crippen LogP contribution in [-0.2, 0) is 4.74 Å². The Morgan fingerprint density at radius 2 is 1.12 bits per heavy atom. The molecule has 2 heterocycles. The lowest BCUT2D eigenvalue weighted by Gasteiger charge is -2.11. The van der Waals surface area contributed by atoms with Crippen LogP contribution in [0.1, 0.15) is 26.3 Å². The second kappa shape index (κ2) is 9.53. The number of ether oxygens (including phenoxy) is 3. The average Bonchev–Trinajstić information content (AvgIpc) is 2.82. The minimum Gasteiger partial charge on any atom is -0.438 e. The van der Waals surface area contributed by atoms with Gasteiger partial charge in [0.2, 0.25) is 11.8 Å². The SMILES string of the molecule is Cc1ccc(Oc2ncccc2C(=O)OC(=O)c2cccnc2Oc2ccccc2)cc1. The van der Waals surface area contributed by atoms with E-state index in [4.69, 9.17) is 14.2 Å². The molecule has 0 N–H and O–H groups in total. The maximum atomic E-state index is 12.7. The highest BCUT2D eigenvalue weighted by Crippen LogP contribution is 2.26. The first-order chi connectivity index (χ1) is 15.6. The third-order valence-electron chi connectivity index (χ3n) is 4.36. The lowest BCUT2D eigenvalue weighted by Crippen LogP contribution is -2.15. The van der Waals surface area contributed by atoms with E-state index in [1.54, 1.807) is 48.5 Å². The number of hydrogen-bond acceptors (Lipinski definition) is 7. The summed E-state index contributed by atoms with van der Waals surface area (Å²) in [6.07, 6.45) is 2.96. The first kappa shape index (κ1) is 20.7. The lowest BCUT2D eigenvalue weighted by molar-refractivity contribution is 0.0394. The van der Waals surface area contributed by atoms with Crippen molar-refractivity contribution >= 4 is 11.9 Å². The fourth-order valence-electron chi connectivity index (χ4n) is 2.77. The van der Waals surface area contributed by atoms with E-state index < -0.39 is 11.9 Å². The normalized spacial score (nSPS) is 10.3. The Labute approximate surface area is 184 Å². The van der Waals surface area contributed by atoms with Crippen molar-refractivity contribution in [3.8, 4) is 23.3 Å². The van der Waals surface area contributed by atoms with Crippen LogP contribution in [0.25, 0.3) is 0 Å². The summed E-state index contributed by atoms with van der Waals surface area (Å²) in [6, 6.07) is 22.2. The lowest BCUT2D eigenvalue weighted by atomic mass is 10.2. The Morgan fingerprint density at radius 1 is 0.625 bits per heavy atom. The number of hydrogen-bond donors (Lipinski definition) is 0. The van der Waals surface area contributed by atoms with Gasteiger partial charge in [0.05, 0.1) is 0 Å². The molecule has 0 amide bonds. The highest BCUT2D eigenvalue weighted by Gasteiger charge is 2.23. The van der Waals surface area contributed by atoms with E-state index in [2.05, 4.69) is 9.97 Å². The second-order valence-electron chi connectivity index (χ2n) is 6.72. The molecule has 0 aliphatic carbocycles. The summed E-state index contributed by atoms with van der Waals surface area (Å²) in [7, 11) is 0. The van der Waals surface area contributed by atoms with E-state index >= 15 is 0 Å². The quantitative estimate of drug-likeness (QED) is 0.303. The first-order valence-electron chi connectivity index (χ1n) is 9.74. The van der Waals surface area contributed by atoms with Crippen molar-refractivity contribution in [1.82, 2.24) is 9.97 Å². The highest BCUT2D eigenvalue weighted by molar-refractivity contribution is 6.04. The second-order valence-corrected chi connectivity index (χ2v) is 6.72. The van der Waals surface area contributed by atoms with E-state index in [0.717, 1.165) is 5.56 Å². The zero-order valence-electron chi connectivity index (χ0n) is 17.1. The van der Waals surface area contributed by atoms with Gasteiger partial charge in [0, 0.05) is 12.4 Å². The molecule has 0 atom stereocenters. The summed E-state index contributed by atoms with van der Waals surface area (Å²) < 4.78 is 16.5. The molecule has 4 aromatic rings. The van der Waals surface area contributed by atoms with Gasteiger partial charge >= 0.3 is 11.9 Å². The molecule has 0 saturated carbocycles.